The van der Waals surface area contributed by atoms with E-state index in [4.69, 9.17) is 20.1 Å². The van der Waals surface area contributed by atoms with E-state index in [0.29, 0.717) is 13.2 Å². The summed E-state index contributed by atoms with van der Waals surface area (Å²) in [5.74, 6) is 0. The summed E-state index contributed by atoms with van der Waals surface area (Å²) < 4.78 is 32.1. The maximum atomic E-state index is 11.9. The van der Waals surface area contributed by atoms with Crippen molar-refractivity contribution in [2.45, 2.75) is 5.54 Å². The molecular formula is C8H18N2O6S. The van der Waals surface area contributed by atoms with Gasteiger partial charge in [0.05, 0.1) is 33.0 Å². The quantitative estimate of drug-likeness (QED) is 0.405. The summed E-state index contributed by atoms with van der Waals surface area (Å²) in [6.07, 6.45) is 0. The number of hydrogen-bond acceptors (Lipinski definition) is 6. The summed E-state index contributed by atoms with van der Waals surface area (Å²) in [6.45, 7) is -1.07. The van der Waals surface area contributed by atoms with Crippen LogP contribution in [0.5, 0.6) is 0 Å². The maximum absolute atomic E-state index is 11.9. The third kappa shape index (κ3) is 3.58. The van der Waals surface area contributed by atoms with Gasteiger partial charge < -0.3 is 20.1 Å². The largest absolute Gasteiger partial charge is 0.394 e. The average Bonchev–Trinajstić information content (AvgIpc) is 2.37. The van der Waals surface area contributed by atoms with Crippen LogP contribution in [0.2, 0.25) is 0 Å². The highest BCUT2D eigenvalue weighted by atomic mass is 32.2. The Bertz CT molecular complexity index is 315. The molecule has 0 amide bonds. The molecule has 0 spiro atoms. The van der Waals surface area contributed by atoms with Crippen LogP contribution in [0, 0.1) is 0 Å². The molecule has 1 aliphatic rings. The van der Waals surface area contributed by atoms with Crippen LogP contribution in [-0.2, 0) is 14.9 Å². The Balaban J connectivity index is 2.76. The van der Waals surface area contributed by atoms with Crippen LogP contribution in [0.4, 0.5) is 0 Å². The molecule has 0 aliphatic carbocycles. The van der Waals surface area contributed by atoms with Gasteiger partial charge >= 0.3 is 0 Å². The van der Waals surface area contributed by atoms with Crippen molar-refractivity contribution in [2.24, 2.45) is 0 Å². The summed E-state index contributed by atoms with van der Waals surface area (Å²) in [5.41, 5.74) is -1.64. The van der Waals surface area contributed by atoms with Crippen molar-refractivity contribution < 1.29 is 28.5 Å². The molecule has 1 aliphatic heterocycles. The molecule has 1 fully saturated rings. The minimum atomic E-state index is -3.85. The van der Waals surface area contributed by atoms with Gasteiger partial charge in [-0.25, -0.2) is 0 Å². The molecule has 17 heavy (non-hydrogen) atoms. The van der Waals surface area contributed by atoms with Gasteiger partial charge in [-0.2, -0.15) is 17.4 Å². The Kier molecular flexibility index (Phi) is 5.25. The molecule has 1 heterocycles. The van der Waals surface area contributed by atoms with Crippen LogP contribution in [0.25, 0.3) is 0 Å². The van der Waals surface area contributed by atoms with Crippen molar-refractivity contribution in [2.75, 3.05) is 46.1 Å². The van der Waals surface area contributed by atoms with Gasteiger partial charge in [-0.1, -0.05) is 0 Å². The third-order valence-corrected chi connectivity index (χ3v) is 4.30. The Morgan fingerprint density at radius 2 is 1.59 bits per heavy atom. The molecule has 0 aromatic heterocycles. The van der Waals surface area contributed by atoms with E-state index in [2.05, 4.69) is 4.72 Å². The predicted octanol–water partition coefficient (Wildman–Crippen LogP) is -3.13. The van der Waals surface area contributed by atoms with Crippen LogP contribution in [0.3, 0.4) is 0 Å². The van der Waals surface area contributed by atoms with Gasteiger partial charge in [0, 0.05) is 13.1 Å². The predicted molar refractivity (Wildman–Crippen MR) is 58.4 cm³/mol. The number of hydrogen-bond donors (Lipinski definition) is 4. The van der Waals surface area contributed by atoms with Crippen LogP contribution in [0.1, 0.15) is 0 Å². The monoisotopic (exact) mass is 270 g/mol. The molecule has 0 aromatic carbocycles. The van der Waals surface area contributed by atoms with E-state index < -0.39 is 35.6 Å². The number of aliphatic hydroxyl groups is 3. The van der Waals surface area contributed by atoms with E-state index in [1.165, 1.54) is 0 Å². The Morgan fingerprint density at radius 3 is 2.00 bits per heavy atom. The zero-order chi connectivity index (χ0) is 12.9. The van der Waals surface area contributed by atoms with Crippen LogP contribution < -0.4 is 4.72 Å². The Hall–Kier alpha value is -0.290. The first-order valence-electron chi connectivity index (χ1n) is 5.19. The molecule has 102 valence electrons. The van der Waals surface area contributed by atoms with E-state index in [9.17, 15) is 8.42 Å². The van der Waals surface area contributed by atoms with Crippen molar-refractivity contribution in [3.05, 3.63) is 0 Å². The summed E-state index contributed by atoms with van der Waals surface area (Å²) in [6, 6.07) is 0. The Morgan fingerprint density at radius 1 is 1.12 bits per heavy atom. The van der Waals surface area contributed by atoms with E-state index in [0.717, 1.165) is 4.31 Å². The zero-order valence-corrected chi connectivity index (χ0v) is 10.2. The van der Waals surface area contributed by atoms with E-state index >= 15 is 0 Å². The molecule has 1 rings (SSSR count). The lowest BCUT2D eigenvalue weighted by molar-refractivity contribution is 0.0513. The lowest BCUT2D eigenvalue weighted by atomic mass is 10.1. The summed E-state index contributed by atoms with van der Waals surface area (Å²) in [5, 5.41) is 27.1. The van der Waals surface area contributed by atoms with E-state index in [1.807, 2.05) is 0 Å². The molecule has 4 N–H and O–H groups in total. The lowest BCUT2D eigenvalue weighted by Crippen LogP contribution is -2.61. The second-order valence-corrected chi connectivity index (χ2v) is 5.54. The second-order valence-electron chi connectivity index (χ2n) is 3.87. The smallest absolute Gasteiger partial charge is 0.280 e. The van der Waals surface area contributed by atoms with Crippen molar-refractivity contribution in [1.82, 2.24) is 9.03 Å². The first-order valence-corrected chi connectivity index (χ1v) is 6.63. The van der Waals surface area contributed by atoms with Crippen molar-refractivity contribution >= 4 is 10.2 Å². The second kappa shape index (κ2) is 6.05. The maximum Gasteiger partial charge on any atom is 0.280 e. The lowest BCUT2D eigenvalue weighted by Gasteiger charge is -2.33. The van der Waals surface area contributed by atoms with E-state index in [-0.39, 0.29) is 13.1 Å². The molecule has 0 unspecified atom stereocenters. The van der Waals surface area contributed by atoms with Crippen LogP contribution >= 0.6 is 0 Å². The molecule has 9 heteroatoms. The molecule has 1 saturated heterocycles. The number of rotatable bonds is 6. The standard InChI is InChI=1S/C8H18N2O6S/c11-5-8(6-12,7-13)9-17(14,15)10-1-3-16-4-2-10/h9,11-13H,1-7H2. The molecule has 0 radical (unpaired) electrons. The van der Waals surface area contributed by atoms with Gasteiger partial charge in [-0.05, 0) is 0 Å². The first kappa shape index (κ1) is 14.8. The number of ether oxygens (including phenoxy) is 1. The number of nitrogens with one attached hydrogen (secondary N) is 1. The molecule has 0 bridgehead atoms. The van der Waals surface area contributed by atoms with Crippen molar-refractivity contribution in [3.63, 3.8) is 0 Å². The first-order chi connectivity index (χ1) is 7.99. The zero-order valence-electron chi connectivity index (χ0n) is 9.37. The highest BCUT2D eigenvalue weighted by molar-refractivity contribution is 7.87. The Labute approximate surface area is 100.0 Å². The normalized spacial score (nSPS) is 19.5. The number of nitrogens with zero attached hydrogens (tertiary/aromatic N) is 1. The fraction of sp³-hybridized carbons (Fsp3) is 1.00. The van der Waals surface area contributed by atoms with Gasteiger partial charge in [-0.3, -0.25) is 0 Å². The third-order valence-electron chi connectivity index (χ3n) is 2.56. The van der Waals surface area contributed by atoms with Gasteiger partial charge in [0.15, 0.2) is 0 Å². The van der Waals surface area contributed by atoms with E-state index in [1.54, 1.807) is 0 Å². The summed E-state index contributed by atoms with van der Waals surface area (Å²) >= 11 is 0. The molecular weight excluding hydrogens is 252 g/mol. The SMILES string of the molecule is O=S(=O)(NC(CO)(CO)CO)N1CCOCC1. The number of aliphatic hydroxyl groups excluding tert-OH is 3. The molecule has 0 atom stereocenters. The van der Waals surface area contributed by atoms with Gasteiger partial charge in [0.2, 0.25) is 0 Å². The van der Waals surface area contributed by atoms with Crippen LogP contribution in [-0.4, -0.2) is 79.7 Å². The topological polar surface area (TPSA) is 119 Å². The van der Waals surface area contributed by atoms with Crippen LogP contribution in [0.15, 0.2) is 0 Å². The fourth-order valence-corrected chi connectivity index (χ4v) is 2.87. The minimum absolute atomic E-state index is 0.202. The highest BCUT2D eigenvalue weighted by Gasteiger charge is 2.36. The van der Waals surface area contributed by atoms with Gasteiger partial charge in [-0.15, -0.1) is 0 Å². The molecule has 8 nitrogen and oxygen atoms in total. The fourth-order valence-electron chi connectivity index (χ4n) is 1.37. The molecule has 0 aromatic rings. The highest BCUT2D eigenvalue weighted by Crippen LogP contribution is 2.09. The van der Waals surface area contributed by atoms with Crippen molar-refractivity contribution in [3.8, 4) is 0 Å². The summed E-state index contributed by atoms with van der Waals surface area (Å²) in [4.78, 5) is 0. The minimum Gasteiger partial charge on any atom is -0.394 e. The number of morpholine rings is 1. The average molecular weight is 270 g/mol. The van der Waals surface area contributed by atoms with Gasteiger partial charge in [0.25, 0.3) is 10.2 Å². The van der Waals surface area contributed by atoms with Gasteiger partial charge in [0.1, 0.15) is 5.54 Å². The van der Waals surface area contributed by atoms with Crippen molar-refractivity contribution in [1.29, 1.82) is 0 Å². The molecule has 0 saturated carbocycles. The summed E-state index contributed by atoms with van der Waals surface area (Å²) in [7, 11) is -3.85.